The van der Waals surface area contributed by atoms with Crippen molar-refractivity contribution in [3.05, 3.63) is 47.0 Å². The number of halogens is 3. The molecule has 0 fully saturated rings. The molecule has 0 bridgehead atoms. The zero-order valence-corrected chi connectivity index (χ0v) is 8.19. The van der Waals surface area contributed by atoms with Gasteiger partial charge in [0.05, 0.1) is 0 Å². The van der Waals surface area contributed by atoms with E-state index in [1.807, 2.05) is 0 Å². The highest BCUT2D eigenvalue weighted by molar-refractivity contribution is 6.30. The number of rotatable bonds is 3. The lowest BCUT2D eigenvalue weighted by Crippen LogP contribution is -2.13. The molecule has 1 atom stereocenters. The minimum absolute atomic E-state index is 0.0227. The first-order chi connectivity index (χ1) is 6.56. The van der Waals surface area contributed by atoms with Gasteiger partial charge in [0, 0.05) is 16.6 Å². The third-order valence-corrected chi connectivity index (χ3v) is 2.05. The van der Waals surface area contributed by atoms with Crippen LogP contribution in [0.4, 0.5) is 8.78 Å². The van der Waals surface area contributed by atoms with Gasteiger partial charge < -0.3 is 5.73 Å². The van der Waals surface area contributed by atoms with E-state index in [4.69, 9.17) is 17.3 Å². The van der Waals surface area contributed by atoms with Gasteiger partial charge in [-0.25, -0.2) is 8.78 Å². The summed E-state index contributed by atoms with van der Waals surface area (Å²) in [5.41, 5.74) is 5.42. The molecular formula is C10H10ClF2N. The Bertz CT molecular complexity index is 329. The summed E-state index contributed by atoms with van der Waals surface area (Å²) in [5, 5.41) is 0.0227. The lowest BCUT2D eigenvalue weighted by atomic mass is 10.0. The molecule has 0 aliphatic rings. The molecule has 76 valence electrons. The van der Waals surface area contributed by atoms with Gasteiger partial charge in [-0.1, -0.05) is 17.7 Å². The topological polar surface area (TPSA) is 26.0 Å². The molecule has 1 rings (SSSR count). The van der Waals surface area contributed by atoms with Crippen molar-refractivity contribution in [2.75, 3.05) is 0 Å². The summed E-state index contributed by atoms with van der Waals surface area (Å²) >= 11 is 5.46. The quantitative estimate of drug-likeness (QED) is 0.774. The van der Waals surface area contributed by atoms with Gasteiger partial charge in [-0.05, 0) is 18.6 Å². The van der Waals surface area contributed by atoms with Gasteiger partial charge in [-0.2, -0.15) is 0 Å². The van der Waals surface area contributed by atoms with Crippen LogP contribution in [0.3, 0.4) is 0 Å². The van der Waals surface area contributed by atoms with Crippen LogP contribution in [0.5, 0.6) is 0 Å². The molecule has 4 heteroatoms. The monoisotopic (exact) mass is 217 g/mol. The molecule has 0 spiro atoms. The highest BCUT2D eigenvalue weighted by Gasteiger charge is 2.16. The lowest BCUT2D eigenvalue weighted by molar-refractivity contribution is 0.527. The van der Waals surface area contributed by atoms with Crippen LogP contribution in [0.1, 0.15) is 18.0 Å². The predicted molar refractivity (Wildman–Crippen MR) is 53.1 cm³/mol. The number of nitrogens with two attached hydrogens (primary N) is 1. The Kier molecular flexibility index (Phi) is 3.61. The van der Waals surface area contributed by atoms with Crippen molar-refractivity contribution in [2.45, 2.75) is 12.5 Å². The van der Waals surface area contributed by atoms with Gasteiger partial charge in [0.2, 0.25) is 0 Å². The number of hydrogen-bond acceptors (Lipinski definition) is 1. The zero-order chi connectivity index (χ0) is 10.7. The maximum Gasteiger partial charge on any atom is 0.132 e. The normalized spacial score (nSPS) is 12.6. The van der Waals surface area contributed by atoms with Crippen molar-refractivity contribution in [1.82, 2.24) is 0 Å². The molecule has 0 heterocycles. The van der Waals surface area contributed by atoms with E-state index in [1.54, 1.807) is 0 Å². The molecule has 0 saturated heterocycles. The Hall–Kier alpha value is -0.930. The Labute approximate surface area is 86.2 Å². The van der Waals surface area contributed by atoms with Crippen molar-refractivity contribution < 1.29 is 8.78 Å². The third kappa shape index (κ3) is 2.30. The minimum Gasteiger partial charge on any atom is -0.324 e. The molecule has 1 aromatic carbocycles. The molecule has 0 aliphatic carbocycles. The fraction of sp³-hybridized carbons (Fsp3) is 0.200. The Morgan fingerprint density at radius 1 is 1.43 bits per heavy atom. The first-order valence-corrected chi connectivity index (χ1v) is 4.45. The molecule has 0 amide bonds. The Morgan fingerprint density at radius 3 is 2.36 bits per heavy atom. The molecule has 1 unspecified atom stereocenters. The van der Waals surface area contributed by atoms with Crippen molar-refractivity contribution in [1.29, 1.82) is 0 Å². The zero-order valence-electron chi connectivity index (χ0n) is 7.43. The molecule has 2 N–H and O–H groups in total. The number of benzene rings is 1. The average molecular weight is 218 g/mol. The van der Waals surface area contributed by atoms with Crippen LogP contribution in [0, 0.1) is 11.6 Å². The van der Waals surface area contributed by atoms with Gasteiger partial charge in [-0.15, -0.1) is 6.58 Å². The van der Waals surface area contributed by atoms with Gasteiger partial charge >= 0.3 is 0 Å². The fourth-order valence-corrected chi connectivity index (χ4v) is 1.40. The van der Waals surface area contributed by atoms with Crippen LogP contribution in [0.25, 0.3) is 0 Å². The molecule has 1 nitrogen and oxygen atoms in total. The Balaban J connectivity index is 3.13. The van der Waals surface area contributed by atoms with E-state index in [0.717, 1.165) is 12.1 Å². The maximum absolute atomic E-state index is 13.2. The Morgan fingerprint density at radius 2 is 1.93 bits per heavy atom. The van der Waals surface area contributed by atoms with Gasteiger partial charge in [0.25, 0.3) is 0 Å². The van der Waals surface area contributed by atoms with Gasteiger partial charge in [-0.3, -0.25) is 0 Å². The smallest absolute Gasteiger partial charge is 0.132 e. The third-order valence-electron chi connectivity index (χ3n) is 1.84. The summed E-state index contributed by atoms with van der Waals surface area (Å²) in [5.74, 6) is -1.44. The summed E-state index contributed by atoms with van der Waals surface area (Å²) in [4.78, 5) is 0. The van der Waals surface area contributed by atoms with E-state index < -0.39 is 17.7 Å². The second-order valence-corrected chi connectivity index (χ2v) is 3.35. The van der Waals surface area contributed by atoms with E-state index in [2.05, 4.69) is 6.58 Å². The van der Waals surface area contributed by atoms with Crippen LogP contribution in [-0.4, -0.2) is 0 Å². The van der Waals surface area contributed by atoms with Crippen molar-refractivity contribution >= 4 is 11.6 Å². The summed E-state index contributed by atoms with van der Waals surface area (Å²) < 4.78 is 26.5. The summed E-state index contributed by atoms with van der Waals surface area (Å²) in [7, 11) is 0. The average Bonchev–Trinajstić information content (AvgIpc) is 2.01. The van der Waals surface area contributed by atoms with Crippen molar-refractivity contribution in [3.8, 4) is 0 Å². The van der Waals surface area contributed by atoms with E-state index in [-0.39, 0.29) is 10.6 Å². The highest BCUT2D eigenvalue weighted by Crippen LogP contribution is 2.25. The van der Waals surface area contributed by atoms with Crippen LogP contribution in [0.2, 0.25) is 5.02 Å². The van der Waals surface area contributed by atoms with Gasteiger partial charge in [0.1, 0.15) is 11.6 Å². The maximum atomic E-state index is 13.2. The minimum atomic E-state index is -0.718. The largest absolute Gasteiger partial charge is 0.324 e. The first kappa shape index (κ1) is 11.1. The summed E-state index contributed by atoms with van der Waals surface area (Å²) in [6.07, 6.45) is 1.83. The van der Waals surface area contributed by atoms with E-state index >= 15 is 0 Å². The standard InChI is InChI=1S/C10H10ClF2N/c1-2-3-9(14)10-7(12)4-6(11)5-8(10)13/h2,4-5,9H,1,3,14H2. The van der Waals surface area contributed by atoms with E-state index in [9.17, 15) is 8.78 Å². The number of hydrogen-bond donors (Lipinski definition) is 1. The molecule has 0 saturated carbocycles. The second-order valence-electron chi connectivity index (χ2n) is 2.91. The molecule has 1 aromatic rings. The molecular weight excluding hydrogens is 208 g/mol. The molecule has 0 aliphatic heterocycles. The predicted octanol–water partition coefficient (Wildman–Crippen LogP) is 3.19. The highest BCUT2D eigenvalue weighted by atomic mass is 35.5. The van der Waals surface area contributed by atoms with Crippen LogP contribution < -0.4 is 5.73 Å². The molecule has 0 aromatic heterocycles. The van der Waals surface area contributed by atoms with Crippen LogP contribution in [-0.2, 0) is 0 Å². The molecule has 14 heavy (non-hydrogen) atoms. The van der Waals surface area contributed by atoms with Crippen molar-refractivity contribution in [2.24, 2.45) is 5.73 Å². The van der Waals surface area contributed by atoms with Crippen LogP contribution in [0.15, 0.2) is 24.8 Å². The SMILES string of the molecule is C=CCC(N)c1c(F)cc(Cl)cc1F. The van der Waals surface area contributed by atoms with Gasteiger partial charge in [0.15, 0.2) is 0 Å². The van der Waals surface area contributed by atoms with Crippen molar-refractivity contribution in [3.63, 3.8) is 0 Å². The van der Waals surface area contributed by atoms with E-state index in [1.165, 1.54) is 6.08 Å². The fourth-order valence-electron chi connectivity index (χ4n) is 1.20. The first-order valence-electron chi connectivity index (χ1n) is 4.07. The summed E-state index contributed by atoms with van der Waals surface area (Å²) in [6, 6.07) is 1.37. The second kappa shape index (κ2) is 4.53. The van der Waals surface area contributed by atoms with E-state index in [0.29, 0.717) is 6.42 Å². The lowest BCUT2D eigenvalue weighted by Gasteiger charge is -2.11. The molecule has 0 radical (unpaired) electrons. The van der Waals surface area contributed by atoms with Crippen LogP contribution >= 0.6 is 11.6 Å². The summed E-state index contributed by atoms with van der Waals surface area (Å²) in [6.45, 7) is 3.45.